The Kier molecular flexibility index (Phi) is 10.4. The molecule has 0 aliphatic carbocycles. The highest BCUT2D eigenvalue weighted by Crippen LogP contribution is 2.28. The SMILES string of the molecule is CCOC(=O)CCN(C(=O)c1ccc2c(c1)nc1n2CCNC1Cc1ccc(C(=N)NC(=O)OCC(C)C)cc1)c1ccccn1. The van der Waals surface area contributed by atoms with E-state index in [0.717, 1.165) is 30.0 Å². The Morgan fingerprint density at radius 3 is 2.59 bits per heavy atom. The lowest BCUT2D eigenvalue weighted by atomic mass is 10.0. The zero-order valence-electron chi connectivity index (χ0n) is 26.3. The molecule has 1 aliphatic rings. The van der Waals surface area contributed by atoms with E-state index in [1.165, 1.54) is 4.90 Å². The maximum absolute atomic E-state index is 13.7. The molecule has 1 atom stereocenters. The number of benzene rings is 2. The van der Waals surface area contributed by atoms with E-state index in [2.05, 4.69) is 20.2 Å². The summed E-state index contributed by atoms with van der Waals surface area (Å²) in [6, 6.07) is 18.2. The maximum atomic E-state index is 13.7. The first kappa shape index (κ1) is 32.3. The lowest BCUT2D eigenvalue weighted by Gasteiger charge is -2.25. The number of esters is 1. The first-order valence-corrected chi connectivity index (χ1v) is 15.5. The molecule has 46 heavy (non-hydrogen) atoms. The summed E-state index contributed by atoms with van der Waals surface area (Å²) < 4.78 is 12.4. The Labute approximate surface area is 267 Å². The van der Waals surface area contributed by atoms with E-state index in [0.29, 0.717) is 28.9 Å². The number of carbonyl (C=O) groups is 3. The van der Waals surface area contributed by atoms with Crippen LogP contribution in [0.2, 0.25) is 0 Å². The third-order valence-electron chi connectivity index (χ3n) is 7.54. The van der Waals surface area contributed by atoms with Crippen LogP contribution < -0.4 is 15.5 Å². The van der Waals surface area contributed by atoms with Crippen LogP contribution in [0.25, 0.3) is 11.0 Å². The van der Waals surface area contributed by atoms with Crippen molar-refractivity contribution in [2.45, 2.75) is 46.2 Å². The molecular weight excluding hydrogens is 586 g/mol. The van der Waals surface area contributed by atoms with Gasteiger partial charge in [0.25, 0.3) is 5.91 Å². The molecule has 12 heteroatoms. The van der Waals surface area contributed by atoms with Crippen LogP contribution >= 0.6 is 0 Å². The Bertz CT molecular complexity index is 1700. The number of alkyl carbamates (subject to hydrolysis) is 1. The highest BCUT2D eigenvalue weighted by Gasteiger charge is 2.26. The third-order valence-corrected chi connectivity index (χ3v) is 7.54. The number of anilines is 1. The second kappa shape index (κ2) is 14.8. The van der Waals surface area contributed by atoms with Crippen LogP contribution in [0.4, 0.5) is 10.6 Å². The van der Waals surface area contributed by atoms with Gasteiger partial charge in [-0.3, -0.25) is 25.2 Å². The molecule has 0 radical (unpaired) electrons. The summed E-state index contributed by atoms with van der Waals surface area (Å²) in [5.41, 5.74) is 3.71. The predicted octanol–water partition coefficient (Wildman–Crippen LogP) is 4.63. The van der Waals surface area contributed by atoms with E-state index in [1.807, 2.05) is 32.0 Å². The smallest absolute Gasteiger partial charge is 0.412 e. The van der Waals surface area contributed by atoms with Crippen molar-refractivity contribution in [3.63, 3.8) is 0 Å². The second-order valence-electron chi connectivity index (χ2n) is 11.4. The van der Waals surface area contributed by atoms with E-state index < -0.39 is 6.09 Å². The number of pyridine rings is 1. The molecule has 12 nitrogen and oxygen atoms in total. The van der Waals surface area contributed by atoms with Gasteiger partial charge in [0.2, 0.25) is 0 Å². The molecule has 1 aliphatic heterocycles. The van der Waals surface area contributed by atoms with Crippen molar-refractivity contribution in [2.75, 3.05) is 31.2 Å². The molecule has 2 amide bonds. The number of hydrogen-bond donors (Lipinski definition) is 3. The van der Waals surface area contributed by atoms with Crippen molar-refractivity contribution in [2.24, 2.45) is 5.92 Å². The van der Waals surface area contributed by atoms with Gasteiger partial charge in [-0.15, -0.1) is 0 Å². The van der Waals surface area contributed by atoms with Gasteiger partial charge in [0.1, 0.15) is 17.5 Å². The van der Waals surface area contributed by atoms with Gasteiger partial charge < -0.3 is 19.4 Å². The highest BCUT2D eigenvalue weighted by molar-refractivity contribution is 6.07. The minimum atomic E-state index is -0.640. The average Bonchev–Trinajstić information content (AvgIpc) is 3.44. The van der Waals surface area contributed by atoms with Gasteiger partial charge in [-0.1, -0.05) is 44.2 Å². The molecule has 2 aromatic heterocycles. The molecule has 0 fully saturated rings. The summed E-state index contributed by atoms with van der Waals surface area (Å²) in [5, 5.41) is 14.3. The van der Waals surface area contributed by atoms with Crippen LogP contribution in [0, 0.1) is 11.3 Å². The number of carbonyl (C=O) groups excluding carboxylic acids is 3. The predicted molar refractivity (Wildman–Crippen MR) is 174 cm³/mol. The molecule has 5 rings (SSSR count). The number of nitrogens with zero attached hydrogens (tertiary/aromatic N) is 4. The molecule has 0 bridgehead atoms. The van der Waals surface area contributed by atoms with E-state index in [4.69, 9.17) is 19.9 Å². The Morgan fingerprint density at radius 1 is 1.09 bits per heavy atom. The number of fused-ring (bicyclic) bond motifs is 3. The topological polar surface area (TPSA) is 152 Å². The number of ether oxygens (including phenoxy) is 2. The maximum Gasteiger partial charge on any atom is 0.412 e. The van der Waals surface area contributed by atoms with E-state index in [1.54, 1.807) is 55.6 Å². The summed E-state index contributed by atoms with van der Waals surface area (Å²) >= 11 is 0. The molecule has 3 N–H and O–H groups in total. The number of nitrogens with one attached hydrogen (secondary N) is 3. The molecule has 0 saturated heterocycles. The first-order valence-electron chi connectivity index (χ1n) is 15.5. The van der Waals surface area contributed by atoms with Gasteiger partial charge in [0.05, 0.1) is 36.7 Å². The molecule has 2 aromatic carbocycles. The van der Waals surface area contributed by atoms with Gasteiger partial charge in [-0.05, 0) is 55.2 Å². The molecule has 0 spiro atoms. The lowest BCUT2D eigenvalue weighted by Crippen LogP contribution is -2.35. The van der Waals surface area contributed by atoms with Crippen LogP contribution in [-0.2, 0) is 27.2 Å². The van der Waals surface area contributed by atoms with Gasteiger partial charge in [-0.2, -0.15) is 0 Å². The Balaban J connectivity index is 1.31. The summed E-state index contributed by atoms with van der Waals surface area (Å²) in [6.45, 7) is 7.84. The van der Waals surface area contributed by atoms with Gasteiger partial charge >= 0.3 is 12.1 Å². The van der Waals surface area contributed by atoms with Gasteiger partial charge in [0, 0.05) is 37.0 Å². The van der Waals surface area contributed by atoms with Crippen molar-refractivity contribution in [1.82, 2.24) is 25.2 Å². The average molecular weight is 626 g/mol. The Morgan fingerprint density at radius 2 is 1.87 bits per heavy atom. The fourth-order valence-corrected chi connectivity index (χ4v) is 5.31. The number of rotatable bonds is 11. The highest BCUT2D eigenvalue weighted by atomic mass is 16.5. The molecule has 240 valence electrons. The van der Waals surface area contributed by atoms with Crippen molar-refractivity contribution in [1.29, 1.82) is 5.41 Å². The lowest BCUT2D eigenvalue weighted by molar-refractivity contribution is -0.142. The van der Waals surface area contributed by atoms with Crippen molar-refractivity contribution < 1.29 is 23.9 Å². The number of aromatic nitrogens is 3. The van der Waals surface area contributed by atoms with E-state index >= 15 is 0 Å². The van der Waals surface area contributed by atoms with Crippen molar-refractivity contribution in [3.05, 3.63) is 89.4 Å². The summed E-state index contributed by atoms with van der Waals surface area (Å²) in [7, 11) is 0. The molecular formula is C34H39N7O5. The van der Waals surface area contributed by atoms with E-state index in [9.17, 15) is 14.4 Å². The Hall–Kier alpha value is -5.10. The van der Waals surface area contributed by atoms with Crippen LogP contribution in [0.1, 0.15) is 60.5 Å². The van der Waals surface area contributed by atoms with Crippen LogP contribution in [0.5, 0.6) is 0 Å². The van der Waals surface area contributed by atoms with Gasteiger partial charge in [0.15, 0.2) is 0 Å². The summed E-state index contributed by atoms with van der Waals surface area (Å²) in [5.74, 6) is 0.861. The van der Waals surface area contributed by atoms with Crippen LogP contribution in [0.15, 0.2) is 66.9 Å². The fourth-order valence-electron chi connectivity index (χ4n) is 5.31. The zero-order valence-corrected chi connectivity index (χ0v) is 26.3. The molecule has 0 saturated carbocycles. The normalized spacial score (nSPS) is 14.0. The minimum Gasteiger partial charge on any atom is -0.466 e. The summed E-state index contributed by atoms with van der Waals surface area (Å²) in [6.07, 6.45) is 1.68. The van der Waals surface area contributed by atoms with Crippen molar-refractivity contribution in [3.8, 4) is 0 Å². The summed E-state index contributed by atoms with van der Waals surface area (Å²) in [4.78, 5) is 48.6. The molecule has 1 unspecified atom stereocenters. The third kappa shape index (κ3) is 7.75. The van der Waals surface area contributed by atoms with Crippen LogP contribution in [-0.4, -0.2) is 64.6 Å². The van der Waals surface area contributed by atoms with Crippen LogP contribution in [0.3, 0.4) is 0 Å². The first-order chi connectivity index (χ1) is 22.2. The standard InChI is InChI=1S/C34H39N7O5/c1-4-45-30(42)14-17-41(29-7-5-6-15-37-29)33(43)25-12-13-28-26(20-25)38-32-27(36-16-18-40(28)32)19-23-8-10-24(11-9-23)31(35)39-34(44)46-21-22(2)3/h5-13,15,20,22,27,36H,4,14,16-19,21H2,1-3H3,(H2,35,39,44). The number of amides is 2. The molecule has 3 heterocycles. The minimum absolute atomic E-state index is 0.0225. The number of hydrogen-bond acceptors (Lipinski definition) is 9. The number of imidazole rings is 1. The number of amidine groups is 1. The molecule has 4 aromatic rings. The largest absolute Gasteiger partial charge is 0.466 e. The quantitative estimate of drug-likeness (QED) is 0.124. The zero-order chi connectivity index (χ0) is 32.6. The van der Waals surface area contributed by atoms with Gasteiger partial charge in [-0.25, -0.2) is 14.8 Å². The monoisotopic (exact) mass is 625 g/mol. The van der Waals surface area contributed by atoms with Crippen molar-refractivity contribution >= 4 is 40.7 Å². The second-order valence-corrected chi connectivity index (χ2v) is 11.4. The fraction of sp³-hybridized carbons (Fsp3) is 0.353. The van der Waals surface area contributed by atoms with E-state index in [-0.39, 0.29) is 55.9 Å².